The Morgan fingerprint density at radius 3 is 2.21 bits per heavy atom. The monoisotopic (exact) mass is 396 g/mol. The number of non-ortho nitro benzene ring substituents is 1. The number of hydrogen-bond acceptors (Lipinski definition) is 6. The summed E-state index contributed by atoms with van der Waals surface area (Å²) in [6.45, 7) is 0. The van der Waals surface area contributed by atoms with Crippen LogP contribution in [0.5, 0.6) is 0 Å². The van der Waals surface area contributed by atoms with Crippen molar-refractivity contribution in [1.82, 2.24) is 0 Å². The molecule has 0 bridgehead atoms. The molecule has 0 unspecified atom stereocenters. The molecule has 0 aliphatic carbocycles. The van der Waals surface area contributed by atoms with Gasteiger partial charge >= 0.3 is 5.69 Å². The number of nitro groups is 2. The van der Waals surface area contributed by atoms with Crippen LogP contribution in [0, 0.1) is 20.2 Å². The standard InChI is InChI=1S/C19H13ClN4O4/c20-16-9-5-4-8-15(16)19(13-6-2-1-3-7-13)22-21-17-11-10-14(23(25)26)12-18(17)24(27)28/h1-12,21H/b22-19+. The summed E-state index contributed by atoms with van der Waals surface area (Å²) in [6, 6.07) is 19.5. The van der Waals surface area contributed by atoms with E-state index in [0.717, 1.165) is 11.6 Å². The van der Waals surface area contributed by atoms with Crippen molar-refractivity contribution in [2.45, 2.75) is 0 Å². The van der Waals surface area contributed by atoms with E-state index in [2.05, 4.69) is 10.5 Å². The van der Waals surface area contributed by atoms with Crippen LogP contribution in [-0.4, -0.2) is 15.6 Å². The fourth-order valence-corrected chi connectivity index (χ4v) is 2.75. The van der Waals surface area contributed by atoms with Gasteiger partial charge in [-0.15, -0.1) is 0 Å². The lowest BCUT2D eigenvalue weighted by molar-refractivity contribution is -0.393. The maximum atomic E-state index is 11.3. The van der Waals surface area contributed by atoms with Gasteiger partial charge in [0.1, 0.15) is 5.69 Å². The van der Waals surface area contributed by atoms with Crippen molar-refractivity contribution >= 4 is 34.4 Å². The third-order valence-electron chi connectivity index (χ3n) is 3.85. The van der Waals surface area contributed by atoms with Gasteiger partial charge in [0.25, 0.3) is 5.69 Å². The van der Waals surface area contributed by atoms with Crippen LogP contribution in [0.15, 0.2) is 77.9 Å². The molecule has 0 heterocycles. The van der Waals surface area contributed by atoms with E-state index < -0.39 is 15.5 Å². The molecule has 0 saturated heterocycles. The molecule has 0 spiro atoms. The quantitative estimate of drug-likeness (QED) is 0.357. The number of hydrazone groups is 1. The van der Waals surface area contributed by atoms with Gasteiger partial charge in [-0.2, -0.15) is 5.10 Å². The SMILES string of the molecule is O=[N+]([O-])c1ccc(N/N=C(\c2ccccc2)c2ccccc2Cl)c([N+](=O)[O-])c1. The molecule has 8 nitrogen and oxygen atoms in total. The molecule has 0 aliphatic rings. The van der Waals surface area contributed by atoms with Gasteiger partial charge in [0.15, 0.2) is 0 Å². The molecule has 0 aromatic heterocycles. The molecule has 1 N–H and O–H groups in total. The minimum absolute atomic E-state index is 0.0242. The number of nitrogens with zero attached hydrogens (tertiary/aromatic N) is 3. The van der Waals surface area contributed by atoms with Crippen LogP contribution >= 0.6 is 11.6 Å². The Hall–Kier alpha value is -3.78. The van der Waals surface area contributed by atoms with Crippen molar-refractivity contribution in [3.05, 3.63) is 109 Å². The van der Waals surface area contributed by atoms with E-state index in [9.17, 15) is 20.2 Å². The number of nitrogens with one attached hydrogen (secondary N) is 1. The highest BCUT2D eigenvalue weighted by atomic mass is 35.5. The normalized spacial score (nSPS) is 11.1. The maximum Gasteiger partial charge on any atom is 0.301 e. The number of halogens is 1. The van der Waals surface area contributed by atoms with Crippen molar-refractivity contribution in [2.24, 2.45) is 5.10 Å². The number of hydrogen-bond donors (Lipinski definition) is 1. The Morgan fingerprint density at radius 2 is 1.57 bits per heavy atom. The van der Waals surface area contributed by atoms with Crippen LogP contribution in [0.2, 0.25) is 5.02 Å². The molecule has 0 atom stereocenters. The van der Waals surface area contributed by atoms with Crippen LogP contribution in [0.25, 0.3) is 0 Å². The van der Waals surface area contributed by atoms with E-state index in [-0.39, 0.29) is 11.4 Å². The minimum Gasteiger partial charge on any atom is -0.271 e. The van der Waals surface area contributed by atoms with Crippen molar-refractivity contribution in [1.29, 1.82) is 0 Å². The molecule has 3 rings (SSSR count). The van der Waals surface area contributed by atoms with Gasteiger partial charge in [0.05, 0.1) is 26.6 Å². The van der Waals surface area contributed by atoms with E-state index >= 15 is 0 Å². The van der Waals surface area contributed by atoms with E-state index in [1.807, 2.05) is 30.3 Å². The zero-order chi connectivity index (χ0) is 20.1. The third-order valence-corrected chi connectivity index (χ3v) is 4.18. The van der Waals surface area contributed by atoms with Crippen LogP contribution < -0.4 is 5.43 Å². The Kier molecular flexibility index (Phi) is 5.61. The van der Waals surface area contributed by atoms with Crippen LogP contribution in [0.3, 0.4) is 0 Å². The summed E-state index contributed by atoms with van der Waals surface area (Å²) in [7, 11) is 0. The molecular formula is C19H13ClN4O4. The first-order chi connectivity index (χ1) is 13.5. The van der Waals surface area contributed by atoms with Gasteiger partial charge in [0.2, 0.25) is 0 Å². The Bertz CT molecular complexity index is 1070. The van der Waals surface area contributed by atoms with E-state index in [0.29, 0.717) is 16.3 Å². The predicted octanol–water partition coefficient (Wildman–Crippen LogP) is 5.02. The number of anilines is 1. The number of rotatable bonds is 6. The summed E-state index contributed by atoms with van der Waals surface area (Å²) in [5.74, 6) is 0. The Labute approximate surface area is 164 Å². The van der Waals surface area contributed by atoms with E-state index in [4.69, 9.17) is 11.6 Å². The highest BCUT2D eigenvalue weighted by Crippen LogP contribution is 2.29. The van der Waals surface area contributed by atoms with Crippen molar-refractivity contribution in [3.63, 3.8) is 0 Å². The largest absolute Gasteiger partial charge is 0.301 e. The summed E-state index contributed by atoms with van der Waals surface area (Å²) in [5.41, 5.74) is 3.69. The summed E-state index contributed by atoms with van der Waals surface area (Å²) >= 11 is 6.30. The molecule has 0 fully saturated rings. The van der Waals surface area contributed by atoms with Crippen LogP contribution in [0.4, 0.5) is 17.1 Å². The number of benzene rings is 3. The lowest BCUT2D eigenvalue weighted by Crippen LogP contribution is -2.08. The zero-order valence-corrected chi connectivity index (χ0v) is 15.0. The molecule has 28 heavy (non-hydrogen) atoms. The minimum atomic E-state index is -0.706. The number of nitro benzene ring substituents is 2. The average molecular weight is 397 g/mol. The second kappa shape index (κ2) is 8.28. The van der Waals surface area contributed by atoms with E-state index in [1.165, 1.54) is 12.1 Å². The van der Waals surface area contributed by atoms with E-state index in [1.54, 1.807) is 24.3 Å². The van der Waals surface area contributed by atoms with Gasteiger partial charge < -0.3 is 0 Å². The Balaban J connectivity index is 2.07. The smallest absolute Gasteiger partial charge is 0.271 e. The van der Waals surface area contributed by atoms with Gasteiger partial charge in [-0.05, 0) is 12.1 Å². The average Bonchev–Trinajstić information content (AvgIpc) is 2.70. The molecule has 0 saturated carbocycles. The van der Waals surface area contributed by atoms with Crippen molar-refractivity contribution < 1.29 is 9.85 Å². The predicted molar refractivity (Wildman–Crippen MR) is 107 cm³/mol. The van der Waals surface area contributed by atoms with Crippen molar-refractivity contribution in [2.75, 3.05) is 5.43 Å². The second-order valence-corrected chi connectivity index (χ2v) is 6.04. The summed E-state index contributed by atoms with van der Waals surface area (Å²) in [6.07, 6.45) is 0. The summed E-state index contributed by atoms with van der Waals surface area (Å²) in [4.78, 5) is 20.8. The van der Waals surface area contributed by atoms with Crippen LogP contribution in [0.1, 0.15) is 11.1 Å². The first-order valence-corrected chi connectivity index (χ1v) is 8.42. The molecule has 3 aromatic rings. The molecule has 0 aliphatic heterocycles. The molecule has 9 heteroatoms. The molecule has 140 valence electrons. The fraction of sp³-hybridized carbons (Fsp3) is 0. The Morgan fingerprint density at radius 1 is 0.893 bits per heavy atom. The molecule has 0 amide bonds. The molecule has 0 radical (unpaired) electrons. The van der Waals surface area contributed by atoms with Crippen LogP contribution in [-0.2, 0) is 0 Å². The first kappa shape index (κ1) is 19.0. The maximum absolute atomic E-state index is 11.3. The fourth-order valence-electron chi connectivity index (χ4n) is 2.52. The molecular weight excluding hydrogens is 384 g/mol. The van der Waals surface area contributed by atoms with Gasteiger partial charge in [0, 0.05) is 17.2 Å². The lowest BCUT2D eigenvalue weighted by atomic mass is 10.0. The zero-order valence-electron chi connectivity index (χ0n) is 14.3. The lowest BCUT2D eigenvalue weighted by Gasteiger charge is -2.10. The first-order valence-electron chi connectivity index (χ1n) is 8.04. The highest BCUT2D eigenvalue weighted by molar-refractivity contribution is 6.35. The third kappa shape index (κ3) is 4.13. The summed E-state index contributed by atoms with van der Waals surface area (Å²) < 4.78 is 0. The molecule has 3 aromatic carbocycles. The van der Waals surface area contributed by atoms with Gasteiger partial charge in [-0.1, -0.05) is 60.1 Å². The van der Waals surface area contributed by atoms with Gasteiger partial charge in [-0.25, -0.2) is 0 Å². The van der Waals surface area contributed by atoms with Gasteiger partial charge in [-0.3, -0.25) is 25.7 Å². The highest BCUT2D eigenvalue weighted by Gasteiger charge is 2.20. The van der Waals surface area contributed by atoms with Crippen molar-refractivity contribution in [3.8, 4) is 0 Å². The topological polar surface area (TPSA) is 111 Å². The second-order valence-electron chi connectivity index (χ2n) is 5.63. The summed E-state index contributed by atoms with van der Waals surface area (Å²) in [5, 5.41) is 27.0.